The van der Waals surface area contributed by atoms with Gasteiger partial charge in [0.05, 0.1) is 19.9 Å². The zero-order valence-corrected chi connectivity index (χ0v) is 17.9. The summed E-state index contributed by atoms with van der Waals surface area (Å²) in [6.45, 7) is -1.05. The van der Waals surface area contributed by atoms with E-state index in [1.165, 1.54) is 7.11 Å². The van der Waals surface area contributed by atoms with Crippen LogP contribution in [0.1, 0.15) is 6.23 Å². The van der Waals surface area contributed by atoms with Gasteiger partial charge in [-0.2, -0.15) is 13.6 Å². The number of aliphatic hydroxyl groups excluding tert-OH is 2. The second-order valence-electron chi connectivity index (χ2n) is 5.82. The number of aromatic nitrogens is 2. The van der Waals surface area contributed by atoms with Gasteiger partial charge in [0.25, 0.3) is 0 Å². The molecule has 0 aliphatic carbocycles. The van der Waals surface area contributed by atoms with E-state index < -0.39 is 60.3 Å². The van der Waals surface area contributed by atoms with Gasteiger partial charge in [0.2, 0.25) is 0 Å². The number of nitrogens with two attached hydrogens (primary N) is 1. The lowest BCUT2D eigenvalue weighted by Gasteiger charge is -2.19. The molecule has 1 aromatic rings. The molecule has 18 nitrogen and oxygen atoms in total. The largest absolute Gasteiger partial charge is 0.491 e. The SMILES string of the molecule is COc1cn(C2OC(COP(=O)(O)OP(=O)(O)OP(=O)(O)O)C(O)C2O)c(=O)nc1N. The van der Waals surface area contributed by atoms with E-state index in [0.29, 0.717) is 4.57 Å². The van der Waals surface area contributed by atoms with Crippen LogP contribution in [0.2, 0.25) is 0 Å². The highest BCUT2D eigenvalue weighted by molar-refractivity contribution is 7.66. The maximum atomic E-state index is 12.0. The minimum atomic E-state index is -5.74. The van der Waals surface area contributed by atoms with Crippen molar-refractivity contribution in [2.24, 2.45) is 0 Å². The van der Waals surface area contributed by atoms with Gasteiger partial charge >= 0.3 is 29.2 Å². The van der Waals surface area contributed by atoms with Crippen molar-refractivity contribution in [2.45, 2.75) is 24.5 Å². The summed E-state index contributed by atoms with van der Waals surface area (Å²) in [5.41, 5.74) is 4.48. The van der Waals surface area contributed by atoms with Gasteiger partial charge in [-0.05, 0) is 0 Å². The van der Waals surface area contributed by atoms with Crippen LogP contribution in [0.15, 0.2) is 11.0 Å². The molecular formula is C10H18N3O15P3. The van der Waals surface area contributed by atoms with Gasteiger partial charge in [-0.15, -0.1) is 0 Å². The summed E-state index contributed by atoms with van der Waals surface area (Å²) in [6, 6.07) is 0. The lowest BCUT2D eigenvalue weighted by Crippen LogP contribution is -2.36. The normalized spacial score (nSPS) is 28.1. The van der Waals surface area contributed by atoms with Crippen LogP contribution >= 0.6 is 23.5 Å². The van der Waals surface area contributed by atoms with Crippen LogP contribution in [-0.2, 0) is 31.6 Å². The maximum Gasteiger partial charge on any atom is 0.490 e. The van der Waals surface area contributed by atoms with Gasteiger partial charge in [0.1, 0.15) is 18.3 Å². The molecule has 8 N–H and O–H groups in total. The Morgan fingerprint density at radius 3 is 2.29 bits per heavy atom. The maximum absolute atomic E-state index is 12.0. The van der Waals surface area contributed by atoms with E-state index in [9.17, 15) is 33.6 Å². The quantitative estimate of drug-likeness (QED) is 0.172. The fraction of sp³-hybridized carbons (Fsp3) is 0.600. The number of rotatable bonds is 9. The fourth-order valence-electron chi connectivity index (χ4n) is 2.37. The number of anilines is 1. The average Bonchev–Trinajstić information content (AvgIpc) is 2.85. The van der Waals surface area contributed by atoms with E-state index in [0.717, 1.165) is 6.20 Å². The molecule has 2 rings (SSSR count). The Morgan fingerprint density at radius 2 is 1.74 bits per heavy atom. The van der Waals surface area contributed by atoms with E-state index in [-0.39, 0.29) is 11.6 Å². The minimum absolute atomic E-state index is 0.0680. The number of nitrogens with zero attached hydrogens (tertiary/aromatic N) is 2. The van der Waals surface area contributed by atoms with E-state index in [4.69, 9.17) is 29.9 Å². The minimum Gasteiger partial charge on any atom is -0.491 e. The van der Waals surface area contributed by atoms with Crippen molar-refractivity contribution in [2.75, 3.05) is 19.5 Å². The molecule has 0 aromatic carbocycles. The number of ether oxygens (including phenoxy) is 2. The third kappa shape index (κ3) is 6.87. The lowest BCUT2D eigenvalue weighted by molar-refractivity contribution is -0.0543. The summed E-state index contributed by atoms with van der Waals surface area (Å²) in [7, 11) is -15.6. The van der Waals surface area contributed by atoms with Crippen LogP contribution in [0.3, 0.4) is 0 Å². The lowest BCUT2D eigenvalue weighted by atomic mass is 10.1. The summed E-state index contributed by atoms with van der Waals surface area (Å²) < 4.78 is 55.8. The molecule has 0 amide bonds. The first-order chi connectivity index (χ1) is 14.1. The second-order valence-corrected chi connectivity index (χ2v) is 10.2. The van der Waals surface area contributed by atoms with Gasteiger partial charge in [0, 0.05) is 0 Å². The molecule has 0 spiro atoms. The number of nitrogen functional groups attached to an aromatic ring is 1. The summed E-state index contributed by atoms with van der Waals surface area (Å²) >= 11 is 0. The number of phosphoric acid groups is 3. The Morgan fingerprint density at radius 1 is 1.13 bits per heavy atom. The molecular weight excluding hydrogens is 495 g/mol. The van der Waals surface area contributed by atoms with Crippen LogP contribution in [0.25, 0.3) is 0 Å². The van der Waals surface area contributed by atoms with Crippen molar-refractivity contribution in [3.63, 3.8) is 0 Å². The number of phosphoric ester groups is 1. The predicted octanol–water partition coefficient (Wildman–Crippen LogP) is -2.20. The van der Waals surface area contributed by atoms with Gasteiger partial charge in [-0.25, -0.2) is 18.5 Å². The summed E-state index contributed by atoms with van der Waals surface area (Å²) in [5.74, 6) is -0.331. The molecule has 1 fully saturated rings. The Balaban J connectivity index is 2.11. The first-order valence-corrected chi connectivity index (χ1v) is 12.3. The third-order valence-electron chi connectivity index (χ3n) is 3.59. The molecule has 0 bridgehead atoms. The van der Waals surface area contributed by atoms with Crippen molar-refractivity contribution in [3.8, 4) is 5.75 Å². The summed E-state index contributed by atoms with van der Waals surface area (Å²) in [5, 5.41) is 20.2. The molecule has 31 heavy (non-hydrogen) atoms. The van der Waals surface area contributed by atoms with E-state index in [1.807, 2.05) is 0 Å². The molecule has 0 radical (unpaired) electrons. The molecule has 2 heterocycles. The molecule has 1 saturated heterocycles. The zero-order chi connectivity index (χ0) is 23.8. The highest BCUT2D eigenvalue weighted by atomic mass is 31.3. The molecule has 178 valence electrons. The van der Waals surface area contributed by atoms with Crippen LogP contribution in [0.5, 0.6) is 5.75 Å². The highest BCUT2D eigenvalue weighted by Crippen LogP contribution is 2.66. The standard InChI is InChI=1S/C10H18N3O15P3/c1-24-4-2-13(10(16)12-8(4)11)9-7(15)6(14)5(26-9)3-25-30(20,21)28-31(22,23)27-29(17,18)19/h2,5-7,9,14-15H,3H2,1H3,(H,20,21)(H,22,23)(H2,11,12,16)(H2,17,18,19). The van der Waals surface area contributed by atoms with Crippen molar-refractivity contribution in [3.05, 3.63) is 16.7 Å². The molecule has 6 atom stereocenters. The van der Waals surface area contributed by atoms with Crippen molar-refractivity contribution in [1.82, 2.24) is 9.55 Å². The number of methoxy groups -OCH3 is 1. The third-order valence-corrected chi connectivity index (χ3v) is 7.40. The van der Waals surface area contributed by atoms with E-state index >= 15 is 0 Å². The van der Waals surface area contributed by atoms with Gasteiger partial charge in [-0.1, -0.05) is 0 Å². The summed E-state index contributed by atoms with van der Waals surface area (Å²) in [6.07, 6.45) is -5.70. The summed E-state index contributed by atoms with van der Waals surface area (Å²) in [4.78, 5) is 50.9. The first kappa shape index (κ1) is 26.0. The van der Waals surface area contributed by atoms with Crippen molar-refractivity contribution < 1.29 is 66.1 Å². The van der Waals surface area contributed by atoms with E-state index in [1.54, 1.807) is 0 Å². The molecule has 6 unspecified atom stereocenters. The Kier molecular flexibility index (Phi) is 7.83. The molecule has 1 aliphatic heterocycles. The number of aliphatic hydroxyl groups is 2. The van der Waals surface area contributed by atoms with Crippen LogP contribution < -0.4 is 16.2 Å². The van der Waals surface area contributed by atoms with Crippen molar-refractivity contribution >= 4 is 29.3 Å². The number of hydrogen-bond acceptors (Lipinski definition) is 13. The molecule has 1 aromatic heterocycles. The average molecular weight is 513 g/mol. The van der Waals surface area contributed by atoms with Crippen molar-refractivity contribution in [1.29, 1.82) is 0 Å². The Bertz CT molecular complexity index is 1010. The highest BCUT2D eigenvalue weighted by Gasteiger charge is 2.47. The Hall–Kier alpha value is -1.23. The molecule has 1 aliphatic rings. The first-order valence-electron chi connectivity index (χ1n) is 7.78. The van der Waals surface area contributed by atoms with Gasteiger partial charge in [0.15, 0.2) is 17.8 Å². The van der Waals surface area contributed by atoms with E-state index in [2.05, 4.69) is 18.1 Å². The monoisotopic (exact) mass is 513 g/mol. The van der Waals surface area contributed by atoms with Crippen LogP contribution in [-0.4, -0.2) is 71.4 Å². The second kappa shape index (κ2) is 9.33. The van der Waals surface area contributed by atoms with Gasteiger partial charge in [-0.3, -0.25) is 9.09 Å². The fourth-order valence-corrected chi connectivity index (χ4v) is 5.40. The number of hydrogen-bond donors (Lipinski definition) is 7. The Labute approximate surface area is 172 Å². The zero-order valence-electron chi connectivity index (χ0n) is 15.3. The van der Waals surface area contributed by atoms with Crippen LogP contribution in [0.4, 0.5) is 5.82 Å². The van der Waals surface area contributed by atoms with Crippen LogP contribution in [0, 0.1) is 0 Å². The topological polar surface area (TPSA) is 280 Å². The predicted molar refractivity (Wildman–Crippen MR) is 95.2 cm³/mol. The molecule has 21 heteroatoms. The molecule has 0 saturated carbocycles. The van der Waals surface area contributed by atoms with Gasteiger partial charge < -0.3 is 45.0 Å². The smallest absolute Gasteiger partial charge is 0.490 e.